The number of imide groups is 1. The molecule has 1 saturated heterocycles. The zero-order valence-corrected chi connectivity index (χ0v) is 30.2. The van der Waals surface area contributed by atoms with E-state index < -0.39 is 23.9 Å². The van der Waals surface area contributed by atoms with E-state index in [2.05, 4.69) is 10.6 Å². The average molecular weight is 740 g/mol. The number of aliphatic hydroxyl groups excluding tert-OH is 1. The van der Waals surface area contributed by atoms with E-state index in [-0.39, 0.29) is 62.9 Å². The van der Waals surface area contributed by atoms with Crippen molar-refractivity contribution in [2.24, 2.45) is 0 Å². The summed E-state index contributed by atoms with van der Waals surface area (Å²) in [5, 5.41) is 15.0. The van der Waals surface area contributed by atoms with Gasteiger partial charge in [0.1, 0.15) is 6.61 Å². The van der Waals surface area contributed by atoms with Crippen LogP contribution in [-0.2, 0) is 43.0 Å². The number of methoxy groups -OCH3 is 1. The van der Waals surface area contributed by atoms with Crippen LogP contribution >= 0.6 is 0 Å². The van der Waals surface area contributed by atoms with Gasteiger partial charge in [0.15, 0.2) is 5.78 Å². The fraction of sp³-hybridized carbons (Fsp3) is 0.526. The maximum atomic E-state index is 13.5. The summed E-state index contributed by atoms with van der Waals surface area (Å²) in [5.74, 6) is -2.39. The van der Waals surface area contributed by atoms with E-state index >= 15 is 0 Å². The maximum absolute atomic E-state index is 13.5. The Bertz CT molecular complexity index is 1580. The molecule has 2 aliphatic rings. The predicted molar refractivity (Wildman–Crippen MR) is 191 cm³/mol. The third-order valence-electron chi connectivity index (χ3n) is 8.69. The van der Waals surface area contributed by atoms with Gasteiger partial charge in [0.2, 0.25) is 11.8 Å². The molecule has 4 amide bonds. The molecule has 1 atom stereocenters. The van der Waals surface area contributed by atoms with Gasteiger partial charge in [0.25, 0.3) is 11.8 Å². The number of nitrogens with zero attached hydrogens (tertiary/aromatic N) is 1. The number of rotatable bonds is 24. The number of hydrogen-bond acceptors (Lipinski definition) is 12. The van der Waals surface area contributed by atoms with E-state index in [0.717, 1.165) is 24.0 Å². The number of fused-ring (bicyclic) bond motifs is 3. The SMILES string of the molecule is COCCCOCCNC(=O)CCCC(=O)Nc1ccc2c(c1)C(COC(=O)ON1C(=O)CCC1=O)c1cccc(C(=O)CCCOCCCCO)c1-2. The topological polar surface area (TPSA) is 196 Å². The summed E-state index contributed by atoms with van der Waals surface area (Å²) in [4.78, 5) is 79.9. The lowest BCUT2D eigenvalue weighted by Gasteiger charge is -2.17. The van der Waals surface area contributed by atoms with Gasteiger partial charge in [-0.2, -0.15) is 0 Å². The van der Waals surface area contributed by atoms with Crippen molar-refractivity contribution in [1.29, 1.82) is 0 Å². The van der Waals surface area contributed by atoms with Crippen LogP contribution in [0.3, 0.4) is 0 Å². The number of Topliss-reactive ketones (excluding diaryl/α,β-unsaturated/α-hetero) is 1. The molecule has 3 N–H and O–H groups in total. The first kappa shape index (κ1) is 41.1. The molecule has 288 valence electrons. The van der Waals surface area contributed by atoms with Crippen molar-refractivity contribution in [2.45, 2.75) is 70.1 Å². The molecule has 0 radical (unpaired) electrons. The van der Waals surface area contributed by atoms with E-state index in [1.54, 1.807) is 37.4 Å². The van der Waals surface area contributed by atoms with Crippen LogP contribution in [0.15, 0.2) is 36.4 Å². The lowest BCUT2D eigenvalue weighted by molar-refractivity contribution is -0.177. The van der Waals surface area contributed by atoms with Crippen molar-refractivity contribution >= 4 is 41.3 Å². The van der Waals surface area contributed by atoms with Crippen LogP contribution in [0.2, 0.25) is 0 Å². The van der Waals surface area contributed by atoms with E-state index in [4.69, 9.17) is 28.9 Å². The van der Waals surface area contributed by atoms with Crippen LogP contribution in [0.5, 0.6) is 0 Å². The lowest BCUT2D eigenvalue weighted by Crippen LogP contribution is -2.32. The number of benzene rings is 2. The van der Waals surface area contributed by atoms with Crippen LogP contribution in [0.1, 0.15) is 91.6 Å². The van der Waals surface area contributed by atoms with Gasteiger partial charge in [-0.1, -0.05) is 29.3 Å². The second kappa shape index (κ2) is 21.7. The molecular weight excluding hydrogens is 690 g/mol. The highest BCUT2D eigenvalue weighted by atomic mass is 16.8. The van der Waals surface area contributed by atoms with Crippen LogP contribution in [0.4, 0.5) is 10.5 Å². The number of aliphatic hydroxyl groups is 1. The zero-order valence-electron chi connectivity index (χ0n) is 30.2. The molecule has 1 heterocycles. The number of carbonyl (C=O) groups is 6. The normalized spacial score (nSPS) is 14.5. The number of hydrogen-bond donors (Lipinski definition) is 3. The Morgan fingerprint density at radius 3 is 2.32 bits per heavy atom. The summed E-state index contributed by atoms with van der Waals surface area (Å²) in [6.45, 7) is 2.70. The molecule has 0 bridgehead atoms. The van der Waals surface area contributed by atoms with Crippen molar-refractivity contribution < 1.29 is 57.7 Å². The molecular formula is C38H49N3O12. The molecule has 1 unspecified atom stereocenters. The van der Waals surface area contributed by atoms with Gasteiger partial charge >= 0.3 is 6.16 Å². The highest BCUT2D eigenvalue weighted by Crippen LogP contribution is 2.48. The van der Waals surface area contributed by atoms with E-state index in [1.807, 2.05) is 6.07 Å². The number of anilines is 1. The minimum atomic E-state index is -1.22. The molecule has 0 aromatic heterocycles. The predicted octanol–water partition coefficient (Wildman–Crippen LogP) is 4.05. The quantitative estimate of drug-likeness (QED) is 0.0606. The first-order chi connectivity index (χ1) is 25.7. The van der Waals surface area contributed by atoms with Gasteiger partial charge in [-0.15, -0.1) is 0 Å². The molecule has 15 heteroatoms. The minimum absolute atomic E-state index is 0.0602. The standard InChI is InChI=1S/C38H49N3O12/c1-49-19-7-22-51-23-17-39-33(44)11-5-12-34(45)40-26-13-14-28-30(24-26)31(25-52-38(48)53-41-35(46)15-16-36(41)47)27-8-4-9-29(37(27)28)32(43)10-6-21-50-20-3-2-18-42/h4,8-9,13-14,24,31,42H,2-3,5-7,10-12,15-23,25H2,1H3,(H,39,44)(H,40,45). The number of hydroxylamine groups is 2. The summed E-state index contributed by atoms with van der Waals surface area (Å²) in [6, 6.07) is 10.6. The van der Waals surface area contributed by atoms with Gasteiger partial charge in [0, 0.05) is 96.0 Å². The molecule has 0 saturated carbocycles. The van der Waals surface area contributed by atoms with E-state index in [9.17, 15) is 28.8 Å². The zero-order chi connectivity index (χ0) is 38.0. The number of unbranched alkanes of at least 4 members (excludes halogenated alkanes) is 1. The van der Waals surface area contributed by atoms with Crippen LogP contribution in [0.25, 0.3) is 11.1 Å². The largest absolute Gasteiger partial charge is 0.533 e. The number of ketones is 1. The fourth-order valence-corrected chi connectivity index (χ4v) is 6.09. The molecule has 0 spiro atoms. The average Bonchev–Trinajstić information content (AvgIpc) is 3.63. The summed E-state index contributed by atoms with van der Waals surface area (Å²) < 4.78 is 21.4. The molecule has 4 rings (SSSR count). The van der Waals surface area contributed by atoms with Gasteiger partial charge < -0.3 is 34.7 Å². The Balaban J connectivity index is 1.40. The molecule has 2 aromatic rings. The maximum Gasteiger partial charge on any atom is 0.533 e. The van der Waals surface area contributed by atoms with Crippen molar-refractivity contribution in [3.63, 3.8) is 0 Å². The van der Waals surface area contributed by atoms with Gasteiger partial charge in [-0.25, -0.2) is 4.79 Å². The van der Waals surface area contributed by atoms with Gasteiger partial charge in [-0.05, 0) is 66.5 Å². The highest BCUT2D eigenvalue weighted by Gasteiger charge is 2.36. The first-order valence-corrected chi connectivity index (χ1v) is 18.1. The minimum Gasteiger partial charge on any atom is -0.432 e. The number of ether oxygens (including phenoxy) is 4. The number of amides is 4. The molecule has 53 heavy (non-hydrogen) atoms. The smallest absolute Gasteiger partial charge is 0.432 e. The van der Waals surface area contributed by atoms with Crippen LogP contribution < -0.4 is 10.6 Å². The Hall–Kier alpha value is -4.70. The molecule has 1 aliphatic heterocycles. The summed E-state index contributed by atoms with van der Waals surface area (Å²) >= 11 is 0. The summed E-state index contributed by atoms with van der Waals surface area (Å²) in [5.41, 5.74) is 3.80. The molecule has 1 fully saturated rings. The van der Waals surface area contributed by atoms with Crippen molar-refractivity contribution in [1.82, 2.24) is 10.4 Å². The van der Waals surface area contributed by atoms with Gasteiger partial charge in [0.05, 0.1) is 6.61 Å². The van der Waals surface area contributed by atoms with Crippen LogP contribution in [-0.4, -0.2) is 106 Å². The Morgan fingerprint density at radius 1 is 0.811 bits per heavy atom. The van der Waals surface area contributed by atoms with E-state index in [0.29, 0.717) is 86.3 Å². The van der Waals surface area contributed by atoms with E-state index in [1.165, 1.54) is 0 Å². The molecule has 1 aliphatic carbocycles. The Morgan fingerprint density at radius 2 is 1.55 bits per heavy atom. The number of nitrogens with one attached hydrogen (secondary N) is 2. The van der Waals surface area contributed by atoms with Crippen LogP contribution in [0, 0.1) is 0 Å². The highest BCUT2D eigenvalue weighted by molar-refractivity contribution is 6.05. The van der Waals surface area contributed by atoms with Crippen molar-refractivity contribution in [2.75, 3.05) is 65.2 Å². The lowest BCUT2D eigenvalue weighted by atomic mass is 9.93. The molecule has 15 nitrogen and oxygen atoms in total. The second-order valence-corrected chi connectivity index (χ2v) is 12.6. The summed E-state index contributed by atoms with van der Waals surface area (Å²) in [7, 11) is 1.62. The van der Waals surface area contributed by atoms with Crippen molar-refractivity contribution in [3.8, 4) is 11.1 Å². The Kier molecular flexibility index (Phi) is 16.8. The third-order valence-corrected chi connectivity index (χ3v) is 8.69. The Labute approximate surface area is 308 Å². The number of carbonyl (C=O) groups excluding carboxylic acids is 6. The first-order valence-electron chi connectivity index (χ1n) is 18.1. The second-order valence-electron chi connectivity index (χ2n) is 12.6. The fourth-order valence-electron chi connectivity index (χ4n) is 6.09. The molecule has 2 aromatic carbocycles. The summed E-state index contributed by atoms with van der Waals surface area (Å²) in [6.07, 6.45) is 2.19. The van der Waals surface area contributed by atoms with Crippen molar-refractivity contribution in [3.05, 3.63) is 53.1 Å². The van der Waals surface area contributed by atoms with Gasteiger partial charge in [-0.3, -0.25) is 28.8 Å². The third kappa shape index (κ3) is 12.4. The monoisotopic (exact) mass is 739 g/mol.